The summed E-state index contributed by atoms with van der Waals surface area (Å²) < 4.78 is 12.9. The topological polar surface area (TPSA) is 103 Å². The van der Waals surface area contributed by atoms with Crippen molar-refractivity contribution in [3.8, 4) is 22.4 Å². The van der Waals surface area contributed by atoms with Crippen LogP contribution in [0.15, 0.2) is 53.5 Å². The molecule has 0 radical (unpaired) electrons. The van der Waals surface area contributed by atoms with E-state index in [2.05, 4.69) is 26.7 Å². The van der Waals surface area contributed by atoms with Gasteiger partial charge in [0.15, 0.2) is 0 Å². The minimum absolute atomic E-state index is 0.0946. The number of fused-ring (bicyclic) bond motifs is 1. The van der Waals surface area contributed by atoms with Crippen LogP contribution in [0.1, 0.15) is 11.3 Å². The van der Waals surface area contributed by atoms with Crippen molar-refractivity contribution in [1.29, 1.82) is 0 Å². The van der Waals surface area contributed by atoms with E-state index in [1.807, 2.05) is 50.2 Å². The summed E-state index contributed by atoms with van der Waals surface area (Å²) >= 11 is 0. The Hall–Kier alpha value is -3.66. The summed E-state index contributed by atoms with van der Waals surface area (Å²) in [5.41, 5.74) is 5.91. The van der Waals surface area contributed by atoms with Gasteiger partial charge in [0.2, 0.25) is 5.95 Å². The number of hydrogen-bond acceptors (Lipinski definition) is 8. The number of aryl methyl sites for hydroxylation is 2. The van der Waals surface area contributed by atoms with Crippen molar-refractivity contribution in [3.63, 3.8) is 0 Å². The first-order chi connectivity index (χ1) is 18.0. The zero-order valence-corrected chi connectivity index (χ0v) is 21.0. The fourth-order valence-corrected chi connectivity index (χ4v) is 4.86. The molecule has 3 aromatic heterocycles. The van der Waals surface area contributed by atoms with Crippen LogP contribution < -0.4 is 16.2 Å². The smallest absolute Gasteiger partial charge is 0.260 e. The van der Waals surface area contributed by atoms with Gasteiger partial charge in [-0.15, -0.1) is 0 Å². The van der Waals surface area contributed by atoms with Crippen LogP contribution in [0.3, 0.4) is 0 Å². The summed E-state index contributed by atoms with van der Waals surface area (Å²) in [6.07, 6.45) is 1.66. The highest BCUT2D eigenvalue weighted by atomic mass is 16.5. The first-order valence-electron chi connectivity index (χ1n) is 12.7. The first kappa shape index (κ1) is 23.7. The van der Waals surface area contributed by atoms with Crippen LogP contribution in [0.2, 0.25) is 0 Å². The predicted octanol–water partition coefficient (Wildman–Crippen LogP) is 2.94. The van der Waals surface area contributed by atoms with Gasteiger partial charge >= 0.3 is 0 Å². The first-order valence-corrected chi connectivity index (χ1v) is 12.7. The van der Waals surface area contributed by atoms with Crippen molar-refractivity contribution in [2.24, 2.45) is 0 Å². The van der Waals surface area contributed by atoms with Crippen LogP contribution in [0.25, 0.3) is 33.4 Å². The van der Waals surface area contributed by atoms with Gasteiger partial charge in [0.25, 0.3) is 5.56 Å². The van der Waals surface area contributed by atoms with Gasteiger partial charge in [0, 0.05) is 41.5 Å². The molecule has 2 saturated heterocycles. The van der Waals surface area contributed by atoms with Gasteiger partial charge in [0.1, 0.15) is 5.65 Å². The third-order valence-electron chi connectivity index (χ3n) is 6.89. The average molecular weight is 499 g/mol. The lowest BCUT2D eigenvalue weighted by Crippen LogP contribution is -2.42. The molecule has 9 nitrogen and oxygen atoms in total. The van der Waals surface area contributed by atoms with Crippen molar-refractivity contribution in [3.05, 3.63) is 70.3 Å². The van der Waals surface area contributed by atoms with E-state index in [-0.39, 0.29) is 17.7 Å². The van der Waals surface area contributed by atoms with Crippen LogP contribution in [-0.2, 0) is 16.0 Å². The number of morpholine rings is 1. The number of anilines is 1. The van der Waals surface area contributed by atoms with Crippen molar-refractivity contribution >= 4 is 17.0 Å². The number of pyridine rings is 2. The summed E-state index contributed by atoms with van der Waals surface area (Å²) in [7, 11) is 0. The summed E-state index contributed by atoms with van der Waals surface area (Å²) in [4.78, 5) is 27.9. The molecule has 37 heavy (non-hydrogen) atoms. The third kappa shape index (κ3) is 4.85. The van der Waals surface area contributed by atoms with Crippen molar-refractivity contribution in [2.45, 2.75) is 32.5 Å². The average Bonchev–Trinajstić information content (AvgIpc) is 2.88. The number of hydrogen-bond donors (Lipinski definition) is 2. The van der Waals surface area contributed by atoms with E-state index >= 15 is 0 Å². The van der Waals surface area contributed by atoms with Crippen LogP contribution in [0.5, 0.6) is 0 Å². The molecule has 9 heteroatoms. The molecule has 6 rings (SSSR count). The fraction of sp³-hybridized carbons (Fsp3) is 0.357. The molecule has 5 heterocycles. The molecule has 0 saturated carbocycles. The highest BCUT2D eigenvalue weighted by molar-refractivity contribution is 5.83. The van der Waals surface area contributed by atoms with Crippen molar-refractivity contribution in [2.75, 3.05) is 38.2 Å². The van der Waals surface area contributed by atoms with Gasteiger partial charge < -0.3 is 20.1 Å². The van der Waals surface area contributed by atoms with E-state index in [0.717, 1.165) is 40.0 Å². The number of nitrogens with one attached hydrogen (secondary N) is 2. The maximum Gasteiger partial charge on any atom is 0.260 e. The molecule has 2 fully saturated rings. The molecule has 0 unspecified atom stereocenters. The summed E-state index contributed by atoms with van der Waals surface area (Å²) in [6.45, 7) is 7.79. The van der Waals surface area contributed by atoms with Crippen molar-refractivity contribution < 1.29 is 9.47 Å². The molecule has 1 atom stereocenters. The van der Waals surface area contributed by atoms with Crippen molar-refractivity contribution in [1.82, 2.24) is 24.8 Å². The van der Waals surface area contributed by atoms with Crippen LogP contribution in [0.4, 0.5) is 5.95 Å². The monoisotopic (exact) mass is 498 g/mol. The Balaban J connectivity index is 1.44. The van der Waals surface area contributed by atoms with Gasteiger partial charge in [-0.05, 0) is 49.2 Å². The van der Waals surface area contributed by atoms with Crippen LogP contribution in [-0.4, -0.2) is 64.6 Å². The second-order valence-corrected chi connectivity index (χ2v) is 9.72. The number of benzene rings is 1. The van der Waals surface area contributed by atoms with E-state index < -0.39 is 0 Å². The van der Waals surface area contributed by atoms with E-state index in [0.29, 0.717) is 50.1 Å². The lowest BCUT2D eigenvalue weighted by molar-refractivity contribution is 0.0183. The molecule has 4 aromatic rings. The van der Waals surface area contributed by atoms with E-state index in [1.165, 1.54) is 0 Å². The lowest BCUT2D eigenvalue weighted by atomic mass is 9.97. The zero-order valence-electron chi connectivity index (χ0n) is 21.0. The molecule has 2 aliphatic heterocycles. The molecular weight excluding hydrogens is 468 g/mol. The predicted molar refractivity (Wildman–Crippen MR) is 143 cm³/mol. The Morgan fingerprint density at radius 3 is 2.73 bits per heavy atom. The Morgan fingerprint density at radius 2 is 2.00 bits per heavy atom. The largest absolute Gasteiger partial charge is 0.377 e. The van der Waals surface area contributed by atoms with Gasteiger partial charge in [0.05, 0.1) is 44.2 Å². The number of ether oxygens (including phenoxy) is 2. The summed E-state index contributed by atoms with van der Waals surface area (Å²) in [5, 5.41) is 7.44. The third-order valence-corrected chi connectivity index (χ3v) is 6.89. The van der Waals surface area contributed by atoms with Gasteiger partial charge in [-0.25, -0.2) is 4.98 Å². The minimum Gasteiger partial charge on any atom is -0.377 e. The maximum atomic E-state index is 14.0. The van der Waals surface area contributed by atoms with E-state index in [9.17, 15) is 4.79 Å². The maximum absolute atomic E-state index is 14.0. The fourth-order valence-electron chi connectivity index (χ4n) is 4.86. The second kappa shape index (κ2) is 10.0. The molecule has 2 aliphatic rings. The van der Waals surface area contributed by atoms with Gasteiger partial charge in [-0.2, -0.15) is 4.98 Å². The van der Waals surface area contributed by atoms with E-state index in [4.69, 9.17) is 14.5 Å². The lowest BCUT2D eigenvalue weighted by Gasteiger charge is -2.27. The van der Waals surface area contributed by atoms with Crippen LogP contribution >= 0.6 is 0 Å². The molecule has 2 N–H and O–H groups in total. The van der Waals surface area contributed by atoms with E-state index in [1.54, 1.807) is 10.8 Å². The van der Waals surface area contributed by atoms with Crippen LogP contribution in [0, 0.1) is 13.8 Å². The SMILES string of the molecule is Cc1cccc(-c2ccc(-c3cc4cnc(NC5COC5)nc4n(C[C@H]4CNCCO4)c3=O)c(C)c2)n1. The highest BCUT2D eigenvalue weighted by Crippen LogP contribution is 2.28. The summed E-state index contributed by atoms with van der Waals surface area (Å²) in [5.74, 6) is 0.496. The molecule has 0 amide bonds. The standard InChI is InChI=1S/C28H30N6O3/c1-17-10-19(25-5-3-4-18(2)31-25)6-7-23(17)24-11-20-12-30-28(32-21-15-36-16-21)33-26(20)34(27(24)35)14-22-13-29-8-9-37-22/h3-7,10-12,21-22,29H,8-9,13-16H2,1-2H3,(H,30,32,33)/t22-/m1/s1. The Kier molecular flexibility index (Phi) is 6.42. The number of rotatable bonds is 6. The molecule has 0 bridgehead atoms. The highest BCUT2D eigenvalue weighted by Gasteiger charge is 2.22. The molecule has 0 aliphatic carbocycles. The number of aromatic nitrogens is 4. The summed E-state index contributed by atoms with van der Waals surface area (Å²) in [6, 6.07) is 14.2. The Bertz CT molecular complexity index is 1510. The molecule has 0 spiro atoms. The Labute approximate surface area is 214 Å². The zero-order chi connectivity index (χ0) is 25.4. The van der Waals surface area contributed by atoms with Gasteiger partial charge in [-0.3, -0.25) is 14.3 Å². The number of nitrogens with zero attached hydrogens (tertiary/aromatic N) is 4. The second-order valence-electron chi connectivity index (χ2n) is 9.72. The molecule has 1 aromatic carbocycles. The quantitative estimate of drug-likeness (QED) is 0.418. The minimum atomic E-state index is -0.118. The molecule has 190 valence electrons. The van der Waals surface area contributed by atoms with Gasteiger partial charge in [-0.1, -0.05) is 18.2 Å². The Morgan fingerprint density at radius 1 is 1.11 bits per heavy atom. The molecular formula is C28H30N6O3. The normalized spacial score (nSPS) is 18.1.